The Bertz CT molecular complexity index is 472. The van der Waals surface area contributed by atoms with Crippen LogP contribution in [0.15, 0.2) is 6.33 Å². The number of hydrogen-bond acceptors (Lipinski definition) is 6. The maximum absolute atomic E-state index is 11.6. The molecule has 0 aromatic carbocycles. The van der Waals surface area contributed by atoms with Gasteiger partial charge in [-0.15, -0.1) is 0 Å². The number of ether oxygens (including phenoxy) is 1. The fourth-order valence-corrected chi connectivity index (χ4v) is 2.43. The van der Waals surface area contributed by atoms with Gasteiger partial charge in [0.1, 0.15) is 12.0 Å². The number of anilines is 2. The van der Waals surface area contributed by atoms with Crippen molar-refractivity contribution in [3.05, 3.63) is 6.33 Å². The molecule has 0 unspecified atom stereocenters. The molecule has 1 aliphatic heterocycles. The number of nitrogens with zero attached hydrogens (tertiary/aromatic N) is 3. The molecular formula is C13H21N5O2. The van der Waals surface area contributed by atoms with Crippen molar-refractivity contribution in [2.75, 3.05) is 37.4 Å². The van der Waals surface area contributed by atoms with Crippen LogP contribution in [0.4, 0.5) is 11.5 Å². The third kappa shape index (κ3) is 2.92. The van der Waals surface area contributed by atoms with Crippen LogP contribution in [-0.2, 0) is 4.79 Å². The van der Waals surface area contributed by atoms with Crippen molar-refractivity contribution in [3.8, 4) is 5.88 Å². The zero-order valence-electron chi connectivity index (χ0n) is 11.9. The number of aromatic nitrogens is 2. The number of nitrogens with one attached hydrogen (secondary N) is 1. The number of hydrogen-bond donors (Lipinski definition) is 2. The summed E-state index contributed by atoms with van der Waals surface area (Å²) in [7, 11) is 1.67. The van der Waals surface area contributed by atoms with Crippen LogP contribution in [0, 0.1) is 5.92 Å². The number of carbonyl (C=O) groups is 1. The van der Waals surface area contributed by atoms with Crippen LogP contribution in [0.3, 0.4) is 0 Å². The topological polar surface area (TPSA) is 93.4 Å². The standard InChI is InChI=1S/C13H21N5O2/c1-3-20-13-10(14)11(16-8-17-13)18-6-4-9(5-7-18)12(19)15-2/h8-9H,3-7,14H2,1-2H3,(H,15,19). The number of piperidine rings is 1. The molecule has 1 aromatic rings. The molecule has 1 fully saturated rings. The monoisotopic (exact) mass is 279 g/mol. The van der Waals surface area contributed by atoms with Crippen molar-refractivity contribution in [1.82, 2.24) is 15.3 Å². The lowest BCUT2D eigenvalue weighted by Gasteiger charge is -2.32. The highest BCUT2D eigenvalue weighted by Gasteiger charge is 2.26. The summed E-state index contributed by atoms with van der Waals surface area (Å²) in [6.45, 7) is 3.91. The summed E-state index contributed by atoms with van der Waals surface area (Å²) in [5, 5.41) is 2.70. The molecule has 0 saturated carbocycles. The Morgan fingerprint density at radius 3 is 2.80 bits per heavy atom. The highest BCUT2D eigenvalue weighted by atomic mass is 16.5. The van der Waals surface area contributed by atoms with E-state index >= 15 is 0 Å². The highest BCUT2D eigenvalue weighted by Crippen LogP contribution is 2.30. The van der Waals surface area contributed by atoms with Gasteiger partial charge < -0.3 is 20.7 Å². The van der Waals surface area contributed by atoms with Gasteiger partial charge in [0.25, 0.3) is 0 Å². The van der Waals surface area contributed by atoms with E-state index in [-0.39, 0.29) is 11.8 Å². The molecular weight excluding hydrogens is 258 g/mol. The van der Waals surface area contributed by atoms with E-state index in [0.29, 0.717) is 24.0 Å². The van der Waals surface area contributed by atoms with Gasteiger partial charge >= 0.3 is 0 Å². The van der Waals surface area contributed by atoms with Crippen molar-refractivity contribution in [2.45, 2.75) is 19.8 Å². The zero-order chi connectivity index (χ0) is 14.5. The minimum atomic E-state index is 0.0747. The molecule has 0 spiro atoms. The first-order chi connectivity index (χ1) is 9.67. The summed E-state index contributed by atoms with van der Waals surface area (Å²) in [6, 6.07) is 0. The predicted octanol–water partition coefficient (Wildman–Crippen LogP) is 0.420. The fourth-order valence-electron chi connectivity index (χ4n) is 2.43. The van der Waals surface area contributed by atoms with Gasteiger partial charge in [-0.1, -0.05) is 0 Å². The molecule has 1 saturated heterocycles. The summed E-state index contributed by atoms with van der Waals surface area (Å²) in [4.78, 5) is 22.0. The second-order valence-electron chi connectivity index (χ2n) is 4.72. The first-order valence-electron chi connectivity index (χ1n) is 6.87. The van der Waals surface area contributed by atoms with E-state index in [1.807, 2.05) is 6.92 Å². The van der Waals surface area contributed by atoms with Crippen LogP contribution in [0.2, 0.25) is 0 Å². The van der Waals surface area contributed by atoms with Crippen molar-refractivity contribution in [3.63, 3.8) is 0 Å². The van der Waals surface area contributed by atoms with Gasteiger partial charge in [0.05, 0.1) is 6.61 Å². The van der Waals surface area contributed by atoms with Crippen LogP contribution < -0.4 is 20.7 Å². The van der Waals surface area contributed by atoms with Gasteiger partial charge in [-0.25, -0.2) is 4.98 Å². The molecule has 0 radical (unpaired) electrons. The SMILES string of the molecule is CCOc1ncnc(N2CCC(C(=O)NC)CC2)c1N. The number of nitrogen functional groups attached to an aromatic ring is 1. The molecule has 2 heterocycles. The maximum atomic E-state index is 11.6. The third-order valence-electron chi connectivity index (χ3n) is 3.52. The van der Waals surface area contributed by atoms with E-state index in [0.717, 1.165) is 25.9 Å². The fraction of sp³-hybridized carbons (Fsp3) is 0.615. The van der Waals surface area contributed by atoms with E-state index < -0.39 is 0 Å². The maximum Gasteiger partial charge on any atom is 0.242 e. The first-order valence-corrected chi connectivity index (χ1v) is 6.87. The Morgan fingerprint density at radius 1 is 1.50 bits per heavy atom. The molecule has 0 atom stereocenters. The molecule has 2 rings (SSSR count). The number of amides is 1. The van der Waals surface area contributed by atoms with Crippen molar-refractivity contribution < 1.29 is 9.53 Å². The molecule has 20 heavy (non-hydrogen) atoms. The Morgan fingerprint density at radius 2 is 2.20 bits per heavy atom. The number of rotatable bonds is 4. The minimum Gasteiger partial charge on any atom is -0.476 e. The van der Waals surface area contributed by atoms with Crippen LogP contribution in [0.5, 0.6) is 5.88 Å². The summed E-state index contributed by atoms with van der Waals surface area (Å²) < 4.78 is 5.38. The van der Waals surface area contributed by atoms with E-state index in [1.165, 1.54) is 6.33 Å². The molecule has 7 nitrogen and oxygen atoms in total. The molecule has 1 aliphatic rings. The number of nitrogens with two attached hydrogens (primary N) is 1. The number of carbonyl (C=O) groups excluding carboxylic acids is 1. The lowest BCUT2D eigenvalue weighted by Crippen LogP contribution is -2.40. The van der Waals surface area contributed by atoms with Gasteiger partial charge in [-0.2, -0.15) is 4.98 Å². The quantitative estimate of drug-likeness (QED) is 0.829. The van der Waals surface area contributed by atoms with E-state index in [1.54, 1.807) is 7.05 Å². The summed E-state index contributed by atoms with van der Waals surface area (Å²) in [6.07, 6.45) is 3.06. The van der Waals surface area contributed by atoms with Crippen LogP contribution in [0.1, 0.15) is 19.8 Å². The Labute approximate surface area is 118 Å². The van der Waals surface area contributed by atoms with Crippen LogP contribution >= 0.6 is 0 Å². The zero-order valence-corrected chi connectivity index (χ0v) is 11.9. The molecule has 3 N–H and O–H groups in total. The Hall–Kier alpha value is -2.05. The minimum absolute atomic E-state index is 0.0747. The lowest BCUT2D eigenvalue weighted by molar-refractivity contribution is -0.125. The van der Waals surface area contributed by atoms with E-state index in [4.69, 9.17) is 10.5 Å². The summed E-state index contributed by atoms with van der Waals surface area (Å²) in [5.41, 5.74) is 6.52. The third-order valence-corrected chi connectivity index (χ3v) is 3.52. The lowest BCUT2D eigenvalue weighted by atomic mass is 9.96. The van der Waals surface area contributed by atoms with Crippen LogP contribution in [0.25, 0.3) is 0 Å². The van der Waals surface area contributed by atoms with Gasteiger partial charge in [-0.05, 0) is 19.8 Å². The molecule has 0 aliphatic carbocycles. The van der Waals surface area contributed by atoms with E-state index in [9.17, 15) is 4.79 Å². The second-order valence-corrected chi connectivity index (χ2v) is 4.72. The van der Waals surface area contributed by atoms with Crippen molar-refractivity contribution in [2.24, 2.45) is 5.92 Å². The van der Waals surface area contributed by atoms with Gasteiger partial charge in [0, 0.05) is 26.1 Å². The van der Waals surface area contributed by atoms with E-state index in [2.05, 4.69) is 20.2 Å². The first kappa shape index (κ1) is 14.4. The normalized spacial score (nSPS) is 16.0. The van der Waals surface area contributed by atoms with Crippen molar-refractivity contribution in [1.29, 1.82) is 0 Å². The van der Waals surface area contributed by atoms with Crippen LogP contribution in [-0.4, -0.2) is 42.6 Å². The predicted molar refractivity (Wildman–Crippen MR) is 76.6 cm³/mol. The van der Waals surface area contributed by atoms with Gasteiger partial charge in [0.2, 0.25) is 11.8 Å². The molecule has 1 aromatic heterocycles. The Balaban J connectivity index is 2.07. The average molecular weight is 279 g/mol. The summed E-state index contributed by atoms with van der Waals surface area (Å²) >= 11 is 0. The van der Waals surface area contributed by atoms with Gasteiger partial charge in [0.15, 0.2) is 5.82 Å². The molecule has 0 bridgehead atoms. The molecule has 1 amide bonds. The highest BCUT2D eigenvalue weighted by molar-refractivity contribution is 5.78. The second kappa shape index (κ2) is 6.40. The summed E-state index contributed by atoms with van der Waals surface area (Å²) in [5.74, 6) is 1.30. The Kier molecular flexibility index (Phi) is 4.60. The molecule has 110 valence electrons. The van der Waals surface area contributed by atoms with Crippen molar-refractivity contribution >= 4 is 17.4 Å². The average Bonchev–Trinajstić information content (AvgIpc) is 2.49. The smallest absolute Gasteiger partial charge is 0.242 e. The largest absolute Gasteiger partial charge is 0.476 e. The molecule has 7 heteroatoms. The van der Waals surface area contributed by atoms with Gasteiger partial charge in [-0.3, -0.25) is 4.79 Å².